The summed E-state index contributed by atoms with van der Waals surface area (Å²) in [5.74, 6) is -1.36. The molecule has 0 saturated carbocycles. The highest BCUT2D eigenvalue weighted by atomic mass is 16.4. The minimum Gasteiger partial charge on any atom is -0.481 e. The number of hydrogen-bond donors (Lipinski definition) is 2. The zero-order valence-corrected chi connectivity index (χ0v) is 9.91. The molecule has 0 saturated heterocycles. The Hall–Kier alpha value is -1.57. The lowest BCUT2D eigenvalue weighted by molar-refractivity contribution is -0.139. The Balaban J connectivity index is 4.04. The third-order valence-corrected chi connectivity index (χ3v) is 2.09. The van der Waals surface area contributed by atoms with Crippen LogP contribution >= 0.6 is 0 Å². The summed E-state index contributed by atoms with van der Waals surface area (Å²) in [6.45, 7) is 5.48. The van der Waals surface area contributed by atoms with Crippen molar-refractivity contribution in [2.45, 2.75) is 33.6 Å². The van der Waals surface area contributed by atoms with E-state index < -0.39 is 11.4 Å². The van der Waals surface area contributed by atoms with E-state index in [1.807, 2.05) is 6.07 Å². The number of carboxylic acids is 1. The van der Waals surface area contributed by atoms with Gasteiger partial charge in [-0.2, -0.15) is 5.26 Å². The average Bonchev–Trinajstić information content (AvgIpc) is 2.11. The van der Waals surface area contributed by atoms with Crippen LogP contribution in [0.25, 0.3) is 0 Å². The van der Waals surface area contributed by atoms with Crippen LogP contribution in [-0.2, 0) is 9.59 Å². The molecular formula is C11H18N2O3. The molecule has 0 aliphatic heterocycles. The number of carbonyl (C=O) groups excluding carboxylic acids is 1. The van der Waals surface area contributed by atoms with Crippen molar-refractivity contribution < 1.29 is 14.7 Å². The van der Waals surface area contributed by atoms with Crippen LogP contribution in [0.1, 0.15) is 33.6 Å². The number of amides is 1. The molecule has 1 amide bonds. The Morgan fingerprint density at radius 2 is 2.00 bits per heavy atom. The summed E-state index contributed by atoms with van der Waals surface area (Å²) >= 11 is 0. The summed E-state index contributed by atoms with van der Waals surface area (Å²) < 4.78 is 0. The Morgan fingerprint density at radius 1 is 1.44 bits per heavy atom. The van der Waals surface area contributed by atoms with Crippen LogP contribution in [0.4, 0.5) is 0 Å². The summed E-state index contributed by atoms with van der Waals surface area (Å²) in [7, 11) is 0. The molecular weight excluding hydrogens is 208 g/mol. The number of hydrogen-bond acceptors (Lipinski definition) is 3. The van der Waals surface area contributed by atoms with Crippen molar-refractivity contribution in [1.29, 1.82) is 5.26 Å². The number of carbonyl (C=O) groups is 2. The minimum absolute atomic E-state index is 0.0474. The highest BCUT2D eigenvalue weighted by molar-refractivity contribution is 5.77. The van der Waals surface area contributed by atoms with E-state index in [-0.39, 0.29) is 24.7 Å². The molecule has 16 heavy (non-hydrogen) atoms. The summed E-state index contributed by atoms with van der Waals surface area (Å²) in [5, 5.41) is 19.8. The lowest BCUT2D eigenvalue weighted by atomic mass is 9.85. The first-order chi connectivity index (χ1) is 7.26. The fourth-order valence-corrected chi connectivity index (χ4v) is 1.28. The Labute approximate surface area is 95.4 Å². The Bertz CT molecular complexity index is 305. The Morgan fingerprint density at radius 3 is 2.44 bits per heavy atom. The molecule has 0 spiro atoms. The zero-order chi connectivity index (χ0) is 12.8. The van der Waals surface area contributed by atoms with E-state index in [1.54, 1.807) is 20.8 Å². The van der Waals surface area contributed by atoms with Crippen LogP contribution in [0.5, 0.6) is 0 Å². The second-order valence-electron chi connectivity index (χ2n) is 4.75. The van der Waals surface area contributed by atoms with Crippen molar-refractivity contribution in [3.05, 3.63) is 0 Å². The summed E-state index contributed by atoms with van der Waals surface area (Å²) in [6, 6.07) is 2.01. The first kappa shape index (κ1) is 14.4. The molecule has 5 heteroatoms. The van der Waals surface area contributed by atoms with Crippen LogP contribution in [0.3, 0.4) is 0 Å². The van der Waals surface area contributed by atoms with E-state index in [9.17, 15) is 9.59 Å². The van der Waals surface area contributed by atoms with Crippen LogP contribution in [-0.4, -0.2) is 23.5 Å². The van der Waals surface area contributed by atoms with Gasteiger partial charge in [-0.3, -0.25) is 9.59 Å². The first-order valence-electron chi connectivity index (χ1n) is 5.15. The van der Waals surface area contributed by atoms with Crippen molar-refractivity contribution in [3.8, 4) is 6.07 Å². The molecule has 0 aromatic heterocycles. The van der Waals surface area contributed by atoms with E-state index in [1.165, 1.54) is 0 Å². The van der Waals surface area contributed by atoms with Crippen LogP contribution < -0.4 is 5.32 Å². The van der Waals surface area contributed by atoms with Crippen molar-refractivity contribution in [2.24, 2.45) is 11.3 Å². The molecule has 1 atom stereocenters. The van der Waals surface area contributed by atoms with E-state index in [4.69, 9.17) is 10.4 Å². The summed E-state index contributed by atoms with van der Waals surface area (Å²) in [4.78, 5) is 22.0. The van der Waals surface area contributed by atoms with Gasteiger partial charge in [0.25, 0.3) is 0 Å². The third kappa shape index (κ3) is 6.82. The number of nitrogens with one attached hydrogen (secondary N) is 1. The highest BCUT2D eigenvalue weighted by Crippen LogP contribution is 2.24. The first-order valence-corrected chi connectivity index (χ1v) is 5.15. The van der Waals surface area contributed by atoms with E-state index in [0.717, 1.165) is 0 Å². The molecule has 1 unspecified atom stereocenters. The maximum Gasteiger partial charge on any atom is 0.303 e. The van der Waals surface area contributed by atoms with Crippen molar-refractivity contribution in [3.63, 3.8) is 0 Å². The maximum atomic E-state index is 11.4. The monoisotopic (exact) mass is 226 g/mol. The fraction of sp³-hybridized carbons (Fsp3) is 0.727. The van der Waals surface area contributed by atoms with E-state index in [2.05, 4.69) is 5.32 Å². The molecule has 0 radical (unpaired) electrons. The predicted molar refractivity (Wildman–Crippen MR) is 58.4 cm³/mol. The summed E-state index contributed by atoms with van der Waals surface area (Å²) in [6.07, 6.45) is 0.103. The molecule has 0 rings (SSSR count). The fourth-order valence-electron chi connectivity index (χ4n) is 1.28. The molecule has 2 N–H and O–H groups in total. The second kappa shape index (κ2) is 6.11. The van der Waals surface area contributed by atoms with Crippen LogP contribution in [0, 0.1) is 22.7 Å². The topological polar surface area (TPSA) is 90.2 Å². The number of nitrogens with zero attached hydrogens (tertiary/aromatic N) is 1. The molecule has 0 aliphatic carbocycles. The van der Waals surface area contributed by atoms with Crippen molar-refractivity contribution in [2.75, 3.05) is 6.54 Å². The number of aliphatic carboxylic acids is 1. The van der Waals surface area contributed by atoms with Crippen molar-refractivity contribution >= 4 is 11.9 Å². The maximum absolute atomic E-state index is 11.4. The molecule has 0 aliphatic rings. The lowest BCUT2D eigenvalue weighted by Crippen LogP contribution is -2.32. The van der Waals surface area contributed by atoms with Crippen LogP contribution in [0.15, 0.2) is 0 Å². The standard InChI is InChI=1S/C11H18N2O3/c1-8(6-12)7-13-9(14)4-11(2,3)5-10(15)16/h8H,4-5,7H2,1-3H3,(H,13,14)(H,15,16). The van der Waals surface area contributed by atoms with Gasteiger partial charge in [0.15, 0.2) is 0 Å². The van der Waals surface area contributed by atoms with Gasteiger partial charge in [-0.15, -0.1) is 0 Å². The minimum atomic E-state index is -0.914. The van der Waals surface area contributed by atoms with E-state index >= 15 is 0 Å². The average molecular weight is 226 g/mol. The van der Waals surface area contributed by atoms with Gasteiger partial charge in [-0.1, -0.05) is 13.8 Å². The SMILES string of the molecule is CC(C#N)CNC(=O)CC(C)(C)CC(=O)O. The largest absolute Gasteiger partial charge is 0.481 e. The predicted octanol–water partition coefficient (Wildman–Crippen LogP) is 1.15. The van der Waals surface area contributed by atoms with Gasteiger partial charge in [-0.25, -0.2) is 0 Å². The molecule has 0 aromatic carbocycles. The van der Waals surface area contributed by atoms with Gasteiger partial charge in [0.1, 0.15) is 0 Å². The Kier molecular flexibility index (Phi) is 5.51. The molecule has 90 valence electrons. The second-order valence-corrected chi connectivity index (χ2v) is 4.75. The quantitative estimate of drug-likeness (QED) is 0.711. The molecule has 0 fully saturated rings. The van der Waals surface area contributed by atoms with Gasteiger partial charge in [0, 0.05) is 13.0 Å². The normalized spacial score (nSPS) is 12.6. The lowest BCUT2D eigenvalue weighted by Gasteiger charge is -2.21. The van der Waals surface area contributed by atoms with Gasteiger partial charge < -0.3 is 10.4 Å². The number of rotatable bonds is 6. The van der Waals surface area contributed by atoms with Crippen LogP contribution in [0.2, 0.25) is 0 Å². The number of nitriles is 1. The van der Waals surface area contributed by atoms with Gasteiger partial charge >= 0.3 is 5.97 Å². The molecule has 0 heterocycles. The highest BCUT2D eigenvalue weighted by Gasteiger charge is 2.25. The smallest absolute Gasteiger partial charge is 0.303 e. The molecule has 5 nitrogen and oxygen atoms in total. The molecule has 0 bridgehead atoms. The van der Waals surface area contributed by atoms with Crippen molar-refractivity contribution in [1.82, 2.24) is 5.32 Å². The zero-order valence-electron chi connectivity index (χ0n) is 9.91. The molecule has 0 aromatic rings. The van der Waals surface area contributed by atoms with Gasteiger partial charge in [0.05, 0.1) is 18.4 Å². The summed E-state index contributed by atoms with van der Waals surface area (Å²) in [5.41, 5.74) is -0.564. The number of carboxylic acid groups (broad SMARTS) is 1. The third-order valence-electron chi connectivity index (χ3n) is 2.09. The van der Waals surface area contributed by atoms with Gasteiger partial charge in [-0.05, 0) is 12.3 Å². The van der Waals surface area contributed by atoms with E-state index in [0.29, 0.717) is 6.54 Å². The van der Waals surface area contributed by atoms with Gasteiger partial charge in [0.2, 0.25) is 5.91 Å².